The number of aromatic nitrogens is 2. The molecule has 28 heavy (non-hydrogen) atoms. The van der Waals surface area contributed by atoms with Gasteiger partial charge in [-0.15, -0.1) is 0 Å². The Balaban J connectivity index is 1.62. The van der Waals surface area contributed by atoms with Crippen LogP contribution in [0.5, 0.6) is 0 Å². The minimum Gasteiger partial charge on any atom is -0.451 e. The second-order valence-corrected chi connectivity index (χ2v) is 6.99. The maximum atomic E-state index is 12.9. The van der Waals surface area contributed by atoms with Crippen molar-refractivity contribution in [1.29, 1.82) is 0 Å². The van der Waals surface area contributed by atoms with Crippen LogP contribution in [-0.4, -0.2) is 15.9 Å². The SMILES string of the molecule is Cc1ccc2[nH]c(C)c(CC(=O)O[C@H](c3ccccc3)c3ccccn3)c2c1. The van der Waals surface area contributed by atoms with Gasteiger partial charge in [-0.25, -0.2) is 0 Å². The molecule has 0 aliphatic carbocycles. The summed E-state index contributed by atoms with van der Waals surface area (Å²) in [5.41, 5.74) is 5.80. The number of esters is 1. The smallest absolute Gasteiger partial charge is 0.311 e. The number of hydrogen-bond donors (Lipinski definition) is 1. The van der Waals surface area contributed by atoms with Crippen LogP contribution in [0.2, 0.25) is 0 Å². The molecule has 0 bridgehead atoms. The molecule has 0 unspecified atom stereocenters. The Morgan fingerprint density at radius 3 is 2.57 bits per heavy atom. The highest BCUT2D eigenvalue weighted by molar-refractivity contribution is 5.89. The van der Waals surface area contributed by atoms with Crippen molar-refractivity contribution in [3.05, 3.63) is 101 Å². The van der Waals surface area contributed by atoms with E-state index in [0.29, 0.717) is 5.69 Å². The Labute approximate surface area is 164 Å². The summed E-state index contributed by atoms with van der Waals surface area (Å²) >= 11 is 0. The van der Waals surface area contributed by atoms with Crippen molar-refractivity contribution < 1.29 is 9.53 Å². The van der Waals surface area contributed by atoms with Crippen LogP contribution in [0.3, 0.4) is 0 Å². The third-order valence-corrected chi connectivity index (χ3v) is 4.90. The zero-order valence-electron chi connectivity index (χ0n) is 16.0. The second-order valence-electron chi connectivity index (χ2n) is 6.99. The maximum Gasteiger partial charge on any atom is 0.311 e. The summed E-state index contributed by atoms with van der Waals surface area (Å²) in [5.74, 6) is -0.273. The molecule has 0 fully saturated rings. The van der Waals surface area contributed by atoms with Crippen molar-refractivity contribution in [3.8, 4) is 0 Å². The molecule has 0 spiro atoms. The van der Waals surface area contributed by atoms with Crippen LogP contribution in [-0.2, 0) is 16.0 Å². The molecule has 1 N–H and O–H groups in total. The van der Waals surface area contributed by atoms with Gasteiger partial charge in [0.1, 0.15) is 0 Å². The first-order valence-corrected chi connectivity index (χ1v) is 9.35. The summed E-state index contributed by atoms with van der Waals surface area (Å²) in [4.78, 5) is 20.6. The number of hydrogen-bond acceptors (Lipinski definition) is 3. The van der Waals surface area contributed by atoms with Crippen molar-refractivity contribution >= 4 is 16.9 Å². The van der Waals surface area contributed by atoms with Crippen LogP contribution in [0.15, 0.2) is 72.9 Å². The first-order chi connectivity index (χ1) is 13.6. The first-order valence-electron chi connectivity index (χ1n) is 9.35. The Morgan fingerprint density at radius 1 is 1.04 bits per heavy atom. The fraction of sp³-hybridized carbons (Fsp3) is 0.167. The van der Waals surface area contributed by atoms with E-state index in [9.17, 15) is 4.79 Å². The van der Waals surface area contributed by atoms with Crippen LogP contribution in [0, 0.1) is 13.8 Å². The lowest BCUT2D eigenvalue weighted by Gasteiger charge is -2.18. The van der Waals surface area contributed by atoms with Crippen molar-refractivity contribution in [3.63, 3.8) is 0 Å². The van der Waals surface area contributed by atoms with Crippen molar-refractivity contribution in [1.82, 2.24) is 9.97 Å². The molecule has 0 saturated heterocycles. The average molecular weight is 370 g/mol. The molecular weight excluding hydrogens is 348 g/mol. The molecule has 4 aromatic rings. The van der Waals surface area contributed by atoms with Crippen LogP contribution in [0.25, 0.3) is 10.9 Å². The summed E-state index contributed by atoms with van der Waals surface area (Å²) < 4.78 is 5.91. The van der Waals surface area contributed by atoms with Gasteiger partial charge in [0.25, 0.3) is 0 Å². The number of H-pyrrole nitrogens is 1. The summed E-state index contributed by atoms with van der Waals surface area (Å²) in [7, 11) is 0. The lowest BCUT2D eigenvalue weighted by atomic mass is 10.0. The predicted octanol–water partition coefficient (Wildman–Crippen LogP) is 5.06. The highest BCUT2D eigenvalue weighted by Crippen LogP contribution is 2.27. The maximum absolute atomic E-state index is 12.9. The number of benzene rings is 2. The van der Waals surface area contributed by atoms with Gasteiger partial charge in [0.15, 0.2) is 6.10 Å². The van der Waals surface area contributed by atoms with E-state index < -0.39 is 6.10 Å². The number of pyridine rings is 1. The molecule has 0 aliphatic heterocycles. The van der Waals surface area contributed by atoms with Crippen LogP contribution in [0.1, 0.15) is 34.2 Å². The molecule has 2 aromatic carbocycles. The van der Waals surface area contributed by atoms with E-state index in [0.717, 1.165) is 33.3 Å². The summed E-state index contributed by atoms with van der Waals surface area (Å²) in [5, 5.41) is 1.07. The quantitative estimate of drug-likeness (QED) is 0.500. The third kappa shape index (κ3) is 3.67. The topological polar surface area (TPSA) is 55.0 Å². The van der Waals surface area contributed by atoms with Gasteiger partial charge >= 0.3 is 5.97 Å². The molecule has 4 heteroatoms. The highest BCUT2D eigenvalue weighted by atomic mass is 16.5. The average Bonchev–Trinajstić information content (AvgIpc) is 3.02. The van der Waals surface area contributed by atoms with E-state index in [1.807, 2.05) is 61.5 Å². The zero-order chi connectivity index (χ0) is 19.5. The molecule has 1 atom stereocenters. The second kappa shape index (κ2) is 7.69. The summed E-state index contributed by atoms with van der Waals surface area (Å²) in [6.45, 7) is 4.04. The number of fused-ring (bicyclic) bond motifs is 1. The van der Waals surface area contributed by atoms with E-state index in [-0.39, 0.29) is 12.4 Å². The van der Waals surface area contributed by atoms with Gasteiger partial charge in [-0.05, 0) is 49.2 Å². The van der Waals surface area contributed by atoms with Crippen molar-refractivity contribution in [2.24, 2.45) is 0 Å². The largest absolute Gasteiger partial charge is 0.451 e. The first kappa shape index (κ1) is 18.0. The van der Waals surface area contributed by atoms with Crippen LogP contribution >= 0.6 is 0 Å². The van der Waals surface area contributed by atoms with E-state index in [2.05, 4.69) is 29.0 Å². The van der Waals surface area contributed by atoms with Gasteiger partial charge < -0.3 is 9.72 Å². The van der Waals surface area contributed by atoms with Gasteiger partial charge in [0.05, 0.1) is 12.1 Å². The Kier molecular flexibility index (Phi) is 4.94. The van der Waals surface area contributed by atoms with Gasteiger partial charge in [-0.2, -0.15) is 0 Å². The van der Waals surface area contributed by atoms with Gasteiger partial charge in [-0.1, -0.05) is 48.0 Å². The number of rotatable bonds is 5. The molecule has 0 radical (unpaired) electrons. The summed E-state index contributed by atoms with van der Waals surface area (Å²) in [6.07, 6.45) is 1.40. The van der Waals surface area contributed by atoms with Crippen molar-refractivity contribution in [2.75, 3.05) is 0 Å². The summed E-state index contributed by atoms with van der Waals surface area (Å²) in [6, 6.07) is 21.6. The fourth-order valence-corrected chi connectivity index (χ4v) is 3.50. The van der Waals surface area contributed by atoms with E-state index in [1.165, 1.54) is 0 Å². The molecule has 0 amide bonds. The number of carbonyl (C=O) groups excluding carboxylic acids is 1. The predicted molar refractivity (Wildman–Crippen MR) is 110 cm³/mol. The Morgan fingerprint density at radius 2 is 1.82 bits per heavy atom. The molecular formula is C24H22N2O2. The minimum absolute atomic E-state index is 0.214. The van der Waals surface area contributed by atoms with E-state index in [4.69, 9.17) is 4.74 Å². The molecule has 0 saturated carbocycles. The number of aryl methyl sites for hydroxylation is 2. The van der Waals surface area contributed by atoms with Crippen LogP contribution in [0.4, 0.5) is 0 Å². The third-order valence-electron chi connectivity index (χ3n) is 4.90. The zero-order valence-corrected chi connectivity index (χ0v) is 16.0. The van der Waals surface area contributed by atoms with Gasteiger partial charge in [0.2, 0.25) is 0 Å². The lowest BCUT2D eigenvalue weighted by Crippen LogP contribution is -2.16. The van der Waals surface area contributed by atoms with Crippen molar-refractivity contribution in [2.45, 2.75) is 26.4 Å². The molecule has 4 nitrogen and oxygen atoms in total. The van der Waals surface area contributed by atoms with E-state index in [1.54, 1.807) is 6.20 Å². The standard InChI is InChI=1S/C24H22N2O2/c1-16-11-12-21-20(14-16)19(17(2)26-21)15-23(27)28-24(18-8-4-3-5-9-18)22-10-6-7-13-25-22/h3-14,24,26H,15H2,1-2H3/t24-/m1/s1. The normalized spacial score (nSPS) is 12.1. The fourth-order valence-electron chi connectivity index (χ4n) is 3.50. The molecule has 4 rings (SSSR count). The number of nitrogens with one attached hydrogen (secondary N) is 1. The van der Waals surface area contributed by atoms with Gasteiger partial charge in [-0.3, -0.25) is 9.78 Å². The monoisotopic (exact) mass is 370 g/mol. The molecule has 0 aliphatic rings. The highest BCUT2D eigenvalue weighted by Gasteiger charge is 2.22. The van der Waals surface area contributed by atoms with E-state index >= 15 is 0 Å². The molecule has 2 aromatic heterocycles. The van der Waals surface area contributed by atoms with Gasteiger partial charge in [0, 0.05) is 22.8 Å². The number of ether oxygens (including phenoxy) is 1. The number of nitrogens with zero attached hydrogens (tertiary/aromatic N) is 1. The van der Waals surface area contributed by atoms with Crippen LogP contribution < -0.4 is 0 Å². The number of carbonyl (C=O) groups is 1. The Bertz CT molecular complexity index is 1060. The minimum atomic E-state index is -0.526. The lowest BCUT2D eigenvalue weighted by molar-refractivity contribution is -0.146. The number of aromatic amines is 1. The Hall–Kier alpha value is -3.40. The molecule has 140 valence electrons. The molecule has 2 heterocycles.